The van der Waals surface area contributed by atoms with E-state index in [1.807, 2.05) is 27.8 Å². The fraction of sp³-hybridized carbons (Fsp3) is 0.846. The molecule has 0 aliphatic heterocycles. The predicted octanol–water partition coefficient (Wildman–Crippen LogP) is 2.87. The lowest BCUT2D eigenvalue weighted by Gasteiger charge is -2.34. The van der Waals surface area contributed by atoms with Gasteiger partial charge in [0.05, 0.1) is 0 Å². The molecule has 4 heteroatoms. The van der Waals surface area contributed by atoms with Gasteiger partial charge in [-0.15, -0.1) is 0 Å². The van der Waals surface area contributed by atoms with E-state index in [-0.39, 0.29) is 12.1 Å². The molecule has 0 bridgehead atoms. The molecule has 0 N–H and O–H groups in total. The Morgan fingerprint density at radius 2 is 1.82 bits per heavy atom. The van der Waals surface area contributed by atoms with E-state index in [2.05, 4.69) is 11.7 Å². The molecule has 1 aliphatic rings. The van der Waals surface area contributed by atoms with Gasteiger partial charge < -0.3 is 9.64 Å². The second-order valence-electron chi connectivity index (χ2n) is 5.74. The van der Waals surface area contributed by atoms with Gasteiger partial charge in [0.15, 0.2) is 0 Å². The van der Waals surface area contributed by atoms with Crippen molar-refractivity contribution in [2.24, 2.45) is 4.99 Å². The number of carbonyl (C=O) groups is 1. The third-order valence-corrected chi connectivity index (χ3v) is 3.15. The van der Waals surface area contributed by atoms with E-state index in [9.17, 15) is 4.79 Å². The van der Waals surface area contributed by atoms with Crippen LogP contribution in [0.25, 0.3) is 0 Å². The van der Waals surface area contributed by atoms with Crippen LogP contribution in [-0.4, -0.2) is 42.4 Å². The second-order valence-corrected chi connectivity index (χ2v) is 5.74. The molecule has 0 radical (unpaired) electrons. The van der Waals surface area contributed by atoms with Crippen LogP contribution in [0.3, 0.4) is 0 Å². The molecule has 1 fully saturated rings. The van der Waals surface area contributed by atoms with Gasteiger partial charge in [0.2, 0.25) is 0 Å². The van der Waals surface area contributed by atoms with Crippen LogP contribution in [0.15, 0.2) is 4.99 Å². The highest BCUT2D eigenvalue weighted by Crippen LogP contribution is 2.25. The van der Waals surface area contributed by atoms with Gasteiger partial charge in [-0.3, -0.25) is 4.99 Å². The van der Waals surface area contributed by atoms with Crippen molar-refractivity contribution >= 4 is 12.8 Å². The van der Waals surface area contributed by atoms with E-state index in [1.165, 1.54) is 0 Å². The van der Waals surface area contributed by atoms with Crippen LogP contribution in [0, 0.1) is 0 Å². The number of aliphatic imine (C=N–C) groups is 1. The summed E-state index contributed by atoms with van der Waals surface area (Å²) in [6, 6.07) is 0.654. The number of nitrogens with zero attached hydrogens (tertiary/aromatic N) is 2. The molecule has 4 nitrogen and oxygen atoms in total. The maximum Gasteiger partial charge on any atom is 0.410 e. The minimum atomic E-state index is -0.425. The van der Waals surface area contributed by atoms with E-state index in [1.54, 1.807) is 4.90 Å². The molecule has 0 aromatic heterocycles. The third-order valence-electron chi connectivity index (χ3n) is 3.15. The Kier molecular flexibility index (Phi) is 4.54. The van der Waals surface area contributed by atoms with Gasteiger partial charge in [-0.25, -0.2) is 4.79 Å². The number of rotatable bonds is 2. The fourth-order valence-electron chi connectivity index (χ4n) is 2.11. The number of ether oxygens (including phenoxy) is 1. The highest BCUT2D eigenvalue weighted by Gasteiger charge is 2.28. The first-order valence-electron chi connectivity index (χ1n) is 6.25. The van der Waals surface area contributed by atoms with E-state index >= 15 is 0 Å². The quantitative estimate of drug-likeness (QED) is 0.696. The van der Waals surface area contributed by atoms with E-state index in [4.69, 9.17) is 4.74 Å². The van der Waals surface area contributed by atoms with Crippen LogP contribution >= 0.6 is 0 Å². The van der Waals surface area contributed by atoms with Gasteiger partial charge in [-0.05, 0) is 53.2 Å². The zero-order valence-electron chi connectivity index (χ0n) is 11.4. The van der Waals surface area contributed by atoms with Crippen molar-refractivity contribution in [3.8, 4) is 0 Å². The second kappa shape index (κ2) is 5.52. The summed E-state index contributed by atoms with van der Waals surface area (Å²) in [6.07, 6.45) is 3.77. The molecule has 1 saturated carbocycles. The van der Waals surface area contributed by atoms with Gasteiger partial charge >= 0.3 is 6.09 Å². The normalized spacial score (nSPS) is 25.2. The third kappa shape index (κ3) is 4.36. The summed E-state index contributed by atoms with van der Waals surface area (Å²) in [5.41, 5.74) is -0.425. The Morgan fingerprint density at radius 3 is 2.24 bits per heavy atom. The van der Waals surface area contributed by atoms with Crippen molar-refractivity contribution in [2.45, 2.75) is 64.1 Å². The molecule has 0 saturated heterocycles. The summed E-state index contributed by atoms with van der Waals surface area (Å²) in [7, 11) is 1.82. The van der Waals surface area contributed by atoms with E-state index in [0.29, 0.717) is 6.04 Å². The summed E-state index contributed by atoms with van der Waals surface area (Å²) in [6.45, 7) is 9.24. The first-order chi connectivity index (χ1) is 7.83. The summed E-state index contributed by atoms with van der Waals surface area (Å²) in [5.74, 6) is 0. The minimum Gasteiger partial charge on any atom is -0.444 e. The molecule has 0 spiro atoms. The van der Waals surface area contributed by atoms with E-state index in [0.717, 1.165) is 25.7 Å². The van der Waals surface area contributed by atoms with Gasteiger partial charge in [0.25, 0.3) is 0 Å². The first kappa shape index (κ1) is 14.0. The SMILES string of the molecule is C=NC1CCC(N(C)C(=O)OC(C)(C)C)CC1. The van der Waals surface area contributed by atoms with Crippen LogP contribution in [0.1, 0.15) is 46.5 Å². The lowest BCUT2D eigenvalue weighted by molar-refractivity contribution is 0.0184. The smallest absolute Gasteiger partial charge is 0.410 e. The zero-order valence-corrected chi connectivity index (χ0v) is 11.4. The minimum absolute atomic E-state index is 0.229. The number of hydrogen-bond donors (Lipinski definition) is 0. The topological polar surface area (TPSA) is 41.9 Å². The Hall–Kier alpha value is -1.06. The Labute approximate surface area is 104 Å². The molecule has 0 unspecified atom stereocenters. The lowest BCUT2D eigenvalue weighted by Crippen LogP contribution is -2.42. The molecule has 98 valence electrons. The van der Waals surface area contributed by atoms with Crippen molar-refractivity contribution < 1.29 is 9.53 Å². The van der Waals surface area contributed by atoms with Crippen molar-refractivity contribution in [1.29, 1.82) is 0 Å². The predicted molar refractivity (Wildman–Crippen MR) is 69.6 cm³/mol. The molecular formula is C13H24N2O2. The Morgan fingerprint density at radius 1 is 1.29 bits per heavy atom. The highest BCUT2D eigenvalue weighted by molar-refractivity contribution is 5.68. The molecular weight excluding hydrogens is 216 g/mol. The number of amides is 1. The highest BCUT2D eigenvalue weighted by atomic mass is 16.6. The molecule has 0 atom stereocenters. The van der Waals surface area contributed by atoms with Crippen LogP contribution in [0.5, 0.6) is 0 Å². The standard InChI is InChI=1S/C13H24N2O2/c1-13(2,3)17-12(16)15(5)11-8-6-10(14-4)7-9-11/h10-11H,4,6-9H2,1-3,5H3. The molecule has 17 heavy (non-hydrogen) atoms. The molecule has 1 aliphatic carbocycles. The van der Waals surface area contributed by atoms with Gasteiger partial charge in [0, 0.05) is 19.1 Å². The molecule has 1 amide bonds. The van der Waals surface area contributed by atoms with Crippen LogP contribution in [0.4, 0.5) is 4.79 Å². The largest absolute Gasteiger partial charge is 0.444 e. The average Bonchev–Trinajstić information content (AvgIpc) is 2.26. The first-order valence-corrected chi connectivity index (χ1v) is 6.25. The van der Waals surface area contributed by atoms with Crippen LogP contribution in [-0.2, 0) is 4.74 Å². The molecule has 0 heterocycles. The summed E-state index contributed by atoms with van der Waals surface area (Å²) in [4.78, 5) is 17.7. The molecule has 1 rings (SSSR count). The maximum absolute atomic E-state index is 11.9. The van der Waals surface area contributed by atoms with Crippen LogP contribution < -0.4 is 0 Å². The van der Waals surface area contributed by atoms with Crippen molar-refractivity contribution in [3.63, 3.8) is 0 Å². The summed E-state index contributed by atoms with van der Waals surface area (Å²) >= 11 is 0. The van der Waals surface area contributed by atoms with Gasteiger partial charge in [-0.1, -0.05) is 0 Å². The Balaban J connectivity index is 2.45. The molecule has 0 aromatic rings. The average molecular weight is 240 g/mol. The number of hydrogen-bond acceptors (Lipinski definition) is 3. The van der Waals surface area contributed by atoms with Crippen molar-refractivity contribution in [1.82, 2.24) is 4.90 Å². The lowest BCUT2D eigenvalue weighted by atomic mass is 9.91. The summed E-state index contributed by atoms with van der Waals surface area (Å²) in [5, 5.41) is 0. The monoisotopic (exact) mass is 240 g/mol. The van der Waals surface area contributed by atoms with Crippen LogP contribution in [0.2, 0.25) is 0 Å². The Bertz CT molecular complexity index is 276. The zero-order chi connectivity index (χ0) is 13.1. The van der Waals surface area contributed by atoms with Gasteiger partial charge in [-0.2, -0.15) is 0 Å². The molecule has 0 aromatic carbocycles. The van der Waals surface area contributed by atoms with E-state index < -0.39 is 5.60 Å². The van der Waals surface area contributed by atoms with Crippen molar-refractivity contribution in [2.75, 3.05) is 7.05 Å². The van der Waals surface area contributed by atoms with Crippen molar-refractivity contribution in [3.05, 3.63) is 0 Å². The van der Waals surface area contributed by atoms with Gasteiger partial charge in [0.1, 0.15) is 5.60 Å². The fourth-order valence-corrected chi connectivity index (χ4v) is 2.11. The maximum atomic E-state index is 11.9. The summed E-state index contributed by atoms with van der Waals surface area (Å²) < 4.78 is 5.36. The number of carbonyl (C=O) groups excluding carboxylic acids is 1.